The number of carbonyl (C=O) groups is 1. The lowest BCUT2D eigenvalue weighted by atomic mass is 10.1. The maximum absolute atomic E-state index is 12.5. The Morgan fingerprint density at radius 2 is 1.85 bits per heavy atom. The van der Waals surface area contributed by atoms with E-state index in [4.69, 9.17) is 5.73 Å². The number of carbonyl (C=O) groups excluding carboxylic acids is 1. The molecule has 104 valence electrons. The lowest BCUT2D eigenvalue weighted by Gasteiger charge is -2.19. The molecule has 0 saturated heterocycles. The summed E-state index contributed by atoms with van der Waals surface area (Å²) in [6.07, 6.45) is 0. The van der Waals surface area contributed by atoms with Gasteiger partial charge in [0.2, 0.25) is 0 Å². The van der Waals surface area contributed by atoms with Gasteiger partial charge in [-0.3, -0.25) is 4.79 Å². The zero-order valence-corrected chi connectivity index (χ0v) is 11.6. The van der Waals surface area contributed by atoms with Crippen LogP contribution < -0.4 is 10.6 Å². The van der Waals surface area contributed by atoms with Gasteiger partial charge in [-0.1, -0.05) is 12.1 Å². The standard InChI is InChI=1S/C16H18N2O2/c1-11-9-14(19)7-8-15(11)16(20)18(2)13-5-3-12(10-17)4-6-13/h3-9,19H,10,17H2,1-2H3. The number of aryl methyl sites for hydroxylation is 1. The van der Waals surface area contributed by atoms with E-state index >= 15 is 0 Å². The second kappa shape index (κ2) is 5.75. The van der Waals surface area contributed by atoms with Gasteiger partial charge in [-0.05, 0) is 48.4 Å². The van der Waals surface area contributed by atoms with E-state index in [9.17, 15) is 9.90 Å². The minimum Gasteiger partial charge on any atom is -0.508 e. The summed E-state index contributed by atoms with van der Waals surface area (Å²) in [4.78, 5) is 14.0. The summed E-state index contributed by atoms with van der Waals surface area (Å²) in [5, 5.41) is 9.40. The molecule has 3 N–H and O–H groups in total. The van der Waals surface area contributed by atoms with Crippen molar-refractivity contribution in [3.05, 3.63) is 59.2 Å². The Balaban J connectivity index is 2.27. The smallest absolute Gasteiger partial charge is 0.258 e. The molecular formula is C16H18N2O2. The Kier molecular flexibility index (Phi) is 4.05. The van der Waals surface area contributed by atoms with Crippen molar-refractivity contribution in [1.82, 2.24) is 0 Å². The molecule has 0 aliphatic rings. The average molecular weight is 270 g/mol. The highest BCUT2D eigenvalue weighted by Gasteiger charge is 2.15. The normalized spacial score (nSPS) is 10.3. The molecule has 20 heavy (non-hydrogen) atoms. The Morgan fingerprint density at radius 3 is 2.40 bits per heavy atom. The highest BCUT2D eigenvalue weighted by molar-refractivity contribution is 6.06. The van der Waals surface area contributed by atoms with Crippen LogP contribution >= 0.6 is 0 Å². The minimum atomic E-state index is -0.108. The monoisotopic (exact) mass is 270 g/mol. The van der Waals surface area contributed by atoms with E-state index in [-0.39, 0.29) is 11.7 Å². The van der Waals surface area contributed by atoms with E-state index in [1.807, 2.05) is 24.3 Å². The van der Waals surface area contributed by atoms with E-state index in [1.165, 1.54) is 6.07 Å². The molecule has 4 heteroatoms. The van der Waals surface area contributed by atoms with Gasteiger partial charge >= 0.3 is 0 Å². The Bertz CT molecular complexity index is 621. The van der Waals surface area contributed by atoms with Gasteiger partial charge in [0.1, 0.15) is 5.75 Å². The molecule has 0 radical (unpaired) electrons. The van der Waals surface area contributed by atoms with Crippen LogP contribution in [-0.2, 0) is 6.54 Å². The summed E-state index contributed by atoms with van der Waals surface area (Å²) in [5.74, 6) is 0.0528. The molecule has 2 aromatic carbocycles. The summed E-state index contributed by atoms with van der Waals surface area (Å²) >= 11 is 0. The van der Waals surface area contributed by atoms with Gasteiger partial charge in [0.15, 0.2) is 0 Å². The number of aromatic hydroxyl groups is 1. The molecule has 0 saturated carbocycles. The van der Waals surface area contributed by atoms with Crippen molar-refractivity contribution in [2.75, 3.05) is 11.9 Å². The number of hydrogen-bond donors (Lipinski definition) is 2. The average Bonchev–Trinajstić information content (AvgIpc) is 2.46. The van der Waals surface area contributed by atoms with Gasteiger partial charge in [0.05, 0.1) is 0 Å². The van der Waals surface area contributed by atoms with Crippen LogP contribution in [-0.4, -0.2) is 18.1 Å². The summed E-state index contributed by atoms with van der Waals surface area (Å²) in [6.45, 7) is 2.29. The summed E-state index contributed by atoms with van der Waals surface area (Å²) in [6, 6.07) is 12.3. The highest BCUT2D eigenvalue weighted by Crippen LogP contribution is 2.20. The summed E-state index contributed by atoms with van der Waals surface area (Å²) in [7, 11) is 1.73. The number of nitrogens with zero attached hydrogens (tertiary/aromatic N) is 1. The van der Waals surface area contributed by atoms with Gasteiger partial charge in [-0.25, -0.2) is 0 Å². The largest absolute Gasteiger partial charge is 0.508 e. The Labute approximate surface area is 118 Å². The Morgan fingerprint density at radius 1 is 1.20 bits per heavy atom. The fraction of sp³-hybridized carbons (Fsp3) is 0.188. The number of rotatable bonds is 3. The predicted molar refractivity (Wildman–Crippen MR) is 79.9 cm³/mol. The molecule has 1 amide bonds. The van der Waals surface area contributed by atoms with Gasteiger partial charge < -0.3 is 15.7 Å². The number of benzene rings is 2. The molecule has 2 rings (SSSR count). The first-order valence-electron chi connectivity index (χ1n) is 6.39. The topological polar surface area (TPSA) is 66.6 Å². The SMILES string of the molecule is Cc1cc(O)ccc1C(=O)N(C)c1ccc(CN)cc1. The molecule has 0 atom stereocenters. The molecule has 0 spiro atoms. The zero-order valence-electron chi connectivity index (χ0n) is 11.6. The van der Waals surface area contributed by atoms with Crippen LogP contribution in [0.15, 0.2) is 42.5 Å². The molecule has 0 heterocycles. The van der Waals surface area contributed by atoms with E-state index < -0.39 is 0 Å². The van der Waals surface area contributed by atoms with E-state index in [2.05, 4.69) is 0 Å². The quantitative estimate of drug-likeness (QED) is 0.900. The van der Waals surface area contributed by atoms with Crippen LogP contribution in [0.3, 0.4) is 0 Å². The number of amides is 1. The van der Waals surface area contributed by atoms with Crippen molar-refractivity contribution >= 4 is 11.6 Å². The molecule has 0 aromatic heterocycles. The molecular weight excluding hydrogens is 252 g/mol. The molecule has 4 nitrogen and oxygen atoms in total. The highest BCUT2D eigenvalue weighted by atomic mass is 16.3. The van der Waals surface area contributed by atoms with Crippen molar-refractivity contribution in [2.24, 2.45) is 5.73 Å². The third-order valence-electron chi connectivity index (χ3n) is 3.30. The second-order valence-corrected chi connectivity index (χ2v) is 4.73. The predicted octanol–water partition coefficient (Wildman–Crippen LogP) is 2.44. The van der Waals surface area contributed by atoms with Crippen LogP contribution in [0.2, 0.25) is 0 Å². The number of phenols is 1. The fourth-order valence-corrected chi connectivity index (χ4v) is 2.04. The molecule has 0 aliphatic carbocycles. The van der Waals surface area contributed by atoms with Gasteiger partial charge in [-0.2, -0.15) is 0 Å². The van der Waals surface area contributed by atoms with Gasteiger partial charge in [-0.15, -0.1) is 0 Å². The number of anilines is 1. The van der Waals surface area contributed by atoms with Crippen LogP contribution in [0.25, 0.3) is 0 Å². The number of hydrogen-bond acceptors (Lipinski definition) is 3. The maximum atomic E-state index is 12.5. The van der Waals surface area contributed by atoms with Crippen molar-refractivity contribution in [2.45, 2.75) is 13.5 Å². The summed E-state index contributed by atoms with van der Waals surface area (Å²) in [5.41, 5.74) is 8.71. The van der Waals surface area contributed by atoms with Crippen LogP contribution in [0, 0.1) is 6.92 Å². The first kappa shape index (κ1) is 14.1. The van der Waals surface area contributed by atoms with Gasteiger partial charge in [0, 0.05) is 24.8 Å². The molecule has 2 aromatic rings. The second-order valence-electron chi connectivity index (χ2n) is 4.73. The molecule has 0 bridgehead atoms. The summed E-state index contributed by atoms with van der Waals surface area (Å²) < 4.78 is 0. The van der Waals surface area contributed by atoms with Crippen molar-refractivity contribution in [1.29, 1.82) is 0 Å². The van der Waals surface area contributed by atoms with Crippen LogP contribution in [0.5, 0.6) is 5.75 Å². The number of nitrogens with two attached hydrogens (primary N) is 1. The van der Waals surface area contributed by atoms with Crippen molar-refractivity contribution < 1.29 is 9.90 Å². The third-order valence-corrected chi connectivity index (χ3v) is 3.30. The fourth-order valence-electron chi connectivity index (χ4n) is 2.04. The maximum Gasteiger partial charge on any atom is 0.258 e. The molecule has 0 unspecified atom stereocenters. The molecule has 0 aliphatic heterocycles. The van der Waals surface area contributed by atoms with Crippen LogP contribution in [0.1, 0.15) is 21.5 Å². The van der Waals surface area contributed by atoms with Crippen LogP contribution in [0.4, 0.5) is 5.69 Å². The van der Waals surface area contributed by atoms with Crippen molar-refractivity contribution in [3.8, 4) is 5.75 Å². The first-order valence-corrected chi connectivity index (χ1v) is 6.39. The first-order chi connectivity index (χ1) is 9.52. The van der Waals surface area contributed by atoms with Crippen molar-refractivity contribution in [3.63, 3.8) is 0 Å². The molecule has 0 fully saturated rings. The van der Waals surface area contributed by atoms with E-state index in [1.54, 1.807) is 31.0 Å². The lowest BCUT2D eigenvalue weighted by Crippen LogP contribution is -2.26. The Hall–Kier alpha value is -2.33. The van der Waals surface area contributed by atoms with E-state index in [0.29, 0.717) is 12.1 Å². The van der Waals surface area contributed by atoms with E-state index in [0.717, 1.165) is 16.8 Å². The number of phenolic OH excluding ortho intramolecular Hbond substituents is 1. The van der Waals surface area contributed by atoms with Gasteiger partial charge in [0.25, 0.3) is 5.91 Å². The minimum absolute atomic E-state index is 0.108. The third kappa shape index (κ3) is 2.81. The lowest BCUT2D eigenvalue weighted by molar-refractivity contribution is 0.0992. The zero-order chi connectivity index (χ0) is 14.7.